The average Bonchev–Trinajstić information content (AvgIpc) is 4.07. The minimum Gasteiger partial charge on any atom is -0.377 e. The number of nitrogens with one attached hydrogen (secondary N) is 2. The van der Waals surface area contributed by atoms with Gasteiger partial charge in [0.1, 0.15) is 11.6 Å². The van der Waals surface area contributed by atoms with Gasteiger partial charge in [0, 0.05) is 78.8 Å². The Bertz CT molecular complexity index is 3090. The molecule has 0 radical (unpaired) electrons. The lowest BCUT2D eigenvalue weighted by Crippen LogP contribution is -2.53. The van der Waals surface area contributed by atoms with E-state index in [1.54, 1.807) is 13.1 Å². The van der Waals surface area contributed by atoms with Crippen molar-refractivity contribution in [2.45, 2.75) is 55.2 Å². The number of morpholine rings is 4. The number of thioether (sulfide) groups is 2. The van der Waals surface area contributed by atoms with Crippen LogP contribution < -0.4 is 30.2 Å². The van der Waals surface area contributed by atoms with Crippen molar-refractivity contribution in [1.29, 1.82) is 0 Å². The summed E-state index contributed by atoms with van der Waals surface area (Å²) in [4.78, 5) is 66.6. The number of carbonyl (C=O) groups excluding carboxylic acids is 2. The third-order valence-electron chi connectivity index (χ3n) is 15.2. The van der Waals surface area contributed by atoms with Gasteiger partial charge in [0.05, 0.1) is 98.2 Å². The first-order valence-corrected chi connectivity index (χ1v) is 28.1. The van der Waals surface area contributed by atoms with E-state index in [1.807, 2.05) is 84.2 Å². The molecule has 74 heavy (non-hydrogen) atoms. The van der Waals surface area contributed by atoms with Crippen molar-refractivity contribution >= 4 is 80.9 Å². The van der Waals surface area contributed by atoms with E-state index in [9.17, 15) is 9.59 Å². The molecule has 6 fully saturated rings. The van der Waals surface area contributed by atoms with Crippen LogP contribution in [0.3, 0.4) is 0 Å². The smallest absolute Gasteiger partial charge is 0.251 e. The van der Waals surface area contributed by atoms with Crippen LogP contribution in [-0.4, -0.2) is 180 Å². The number of pyridine rings is 2. The molecule has 20 heteroatoms. The molecule has 0 aliphatic carbocycles. The van der Waals surface area contributed by atoms with Gasteiger partial charge in [-0.1, -0.05) is 24.3 Å². The molecule has 0 saturated carbocycles. The Morgan fingerprint density at radius 2 is 1.23 bits per heavy atom. The van der Waals surface area contributed by atoms with Crippen LogP contribution in [0.25, 0.3) is 44.6 Å². The van der Waals surface area contributed by atoms with Crippen LogP contribution >= 0.6 is 23.5 Å². The van der Waals surface area contributed by atoms with Crippen LogP contribution in [0.5, 0.6) is 0 Å². The number of hydrogen-bond acceptors (Lipinski definition) is 18. The molecule has 2 spiro atoms. The summed E-state index contributed by atoms with van der Waals surface area (Å²) >= 11 is 3.78. The Morgan fingerprint density at radius 3 is 1.78 bits per heavy atom. The van der Waals surface area contributed by atoms with Crippen LogP contribution in [0.1, 0.15) is 47.4 Å². The zero-order valence-electron chi connectivity index (χ0n) is 42.1. The van der Waals surface area contributed by atoms with Crippen molar-refractivity contribution in [3.8, 4) is 22.5 Å². The fourth-order valence-corrected chi connectivity index (χ4v) is 14.0. The van der Waals surface area contributed by atoms with E-state index < -0.39 is 5.60 Å². The van der Waals surface area contributed by atoms with Crippen LogP contribution in [-0.2, 0) is 18.9 Å². The van der Waals surface area contributed by atoms with E-state index in [0.717, 1.165) is 88.1 Å². The molecule has 18 nitrogen and oxygen atoms in total. The van der Waals surface area contributed by atoms with Crippen molar-refractivity contribution < 1.29 is 28.5 Å². The normalized spacial score (nSPS) is 25.4. The summed E-state index contributed by atoms with van der Waals surface area (Å²) in [5.74, 6) is 5.54. The molecule has 4 aromatic heterocycles. The maximum atomic E-state index is 14.0. The summed E-state index contributed by atoms with van der Waals surface area (Å²) in [5, 5.41) is 7.86. The zero-order chi connectivity index (χ0) is 50.4. The molecule has 0 bridgehead atoms. The SMILES string of the molecule is CNC(=O)c1cccc(-c2ccc3c(N4CCOC[C@@H]4C)nc(N4CCOC5(CSC(CNC(=O)c6cccc(-c7ccc8c(N9CCOC[C@@H]9C)nc(N9CCOC%10(CCSC%10)C9)nc8n7)c6)C5)C4)nc3n2)c1. The second kappa shape index (κ2) is 20.7. The van der Waals surface area contributed by atoms with Gasteiger partial charge in [-0.05, 0) is 81.0 Å². The minimum atomic E-state index is -0.442. The van der Waals surface area contributed by atoms with Gasteiger partial charge in [-0.15, -0.1) is 0 Å². The number of rotatable bonds is 10. The van der Waals surface area contributed by atoms with Crippen molar-refractivity contribution in [3.05, 3.63) is 83.9 Å². The van der Waals surface area contributed by atoms with Crippen LogP contribution in [0.15, 0.2) is 72.8 Å². The molecular formula is C54H62N12O6S2. The molecule has 12 rings (SSSR count). The Kier molecular flexibility index (Phi) is 13.7. The molecule has 6 aromatic rings. The van der Waals surface area contributed by atoms with Crippen molar-refractivity contribution in [1.82, 2.24) is 40.5 Å². The van der Waals surface area contributed by atoms with Crippen LogP contribution in [0.4, 0.5) is 23.5 Å². The number of carbonyl (C=O) groups is 2. The lowest BCUT2D eigenvalue weighted by Gasteiger charge is -2.41. The third kappa shape index (κ3) is 9.80. The van der Waals surface area contributed by atoms with E-state index in [4.69, 9.17) is 48.9 Å². The summed E-state index contributed by atoms with van der Waals surface area (Å²) in [7, 11) is 1.63. The Labute approximate surface area is 439 Å². The Hall–Kier alpha value is -5.90. The quantitative estimate of drug-likeness (QED) is 0.169. The van der Waals surface area contributed by atoms with Crippen molar-refractivity contribution in [2.75, 3.05) is 129 Å². The zero-order valence-corrected chi connectivity index (χ0v) is 43.8. The van der Waals surface area contributed by atoms with E-state index in [1.165, 1.54) is 0 Å². The molecule has 6 aliphatic rings. The summed E-state index contributed by atoms with van der Waals surface area (Å²) in [6, 6.07) is 23.5. The van der Waals surface area contributed by atoms with Gasteiger partial charge in [0.2, 0.25) is 11.9 Å². The fraction of sp³-hybridized carbons (Fsp3) is 0.481. The lowest BCUT2D eigenvalue weighted by atomic mass is 9.97. The van der Waals surface area contributed by atoms with Gasteiger partial charge < -0.3 is 49.2 Å². The summed E-state index contributed by atoms with van der Waals surface area (Å²) in [6.07, 6.45) is 1.79. The van der Waals surface area contributed by atoms with E-state index in [0.29, 0.717) is 107 Å². The van der Waals surface area contributed by atoms with Crippen molar-refractivity contribution in [3.63, 3.8) is 0 Å². The van der Waals surface area contributed by atoms with E-state index in [-0.39, 0.29) is 34.7 Å². The number of nitrogens with zero attached hydrogens (tertiary/aromatic N) is 10. The van der Waals surface area contributed by atoms with Gasteiger partial charge in [-0.3, -0.25) is 9.59 Å². The molecular weight excluding hydrogens is 977 g/mol. The average molecular weight is 1040 g/mol. The Morgan fingerprint density at radius 1 is 0.662 bits per heavy atom. The molecule has 6 aliphatic heterocycles. The molecule has 6 saturated heterocycles. The number of anilines is 4. The number of amides is 2. The summed E-state index contributed by atoms with van der Waals surface area (Å²) in [5.41, 5.74) is 4.84. The van der Waals surface area contributed by atoms with Gasteiger partial charge in [0.25, 0.3) is 11.8 Å². The summed E-state index contributed by atoms with van der Waals surface area (Å²) < 4.78 is 24.6. The maximum Gasteiger partial charge on any atom is 0.251 e. The highest BCUT2D eigenvalue weighted by atomic mass is 32.2. The first kappa shape index (κ1) is 49.0. The van der Waals surface area contributed by atoms with E-state index >= 15 is 0 Å². The third-order valence-corrected chi connectivity index (χ3v) is 17.9. The molecule has 10 heterocycles. The standard InChI is InChI=1S/C54H62N12O6S2/c1-34-28-69-19-17-65(34)47-41-11-13-44(58-45(41)59-51(61-47)63-15-21-71-53(30-63)14-23-73-32-53)37-7-5-9-39(25-37)50(68)56-27-40-26-54(33-74-40)31-64(16-22-72-54)52-60-46-42(48(62-52)66-18-20-70-29-35(66)2)10-12-43(57-46)36-6-4-8-38(24-36)49(67)55-3/h4-13,24-25,34-35,40H,14-23,26-33H2,1-3H3,(H,55,67)(H,56,68)/t34-,35-,40?,53?,54?/m0/s1. The Balaban J connectivity index is 0.752. The molecule has 386 valence electrons. The van der Waals surface area contributed by atoms with Crippen LogP contribution in [0, 0.1) is 0 Å². The summed E-state index contributed by atoms with van der Waals surface area (Å²) in [6.45, 7) is 12.6. The number of ether oxygens (including phenoxy) is 4. The predicted octanol–water partition coefficient (Wildman–Crippen LogP) is 5.73. The number of benzene rings is 2. The van der Waals surface area contributed by atoms with Gasteiger partial charge >= 0.3 is 0 Å². The predicted molar refractivity (Wildman–Crippen MR) is 291 cm³/mol. The molecule has 5 atom stereocenters. The molecule has 2 N–H and O–H groups in total. The maximum absolute atomic E-state index is 14.0. The first-order valence-electron chi connectivity index (χ1n) is 25.9. The van der Waals surface area contributed by atoms with Gasteiger partial charge in [-0.2, -0.15) is 43.5 Å². The number of fused-ring (bicyclic) bond motifs is 2. The topological polar surface area (TPSA) is 185 Å². The van der Waals surface area contributed by atoms with Gasteiger partial charge in [0.15, 0.2) is 11.3 Å². The monoisotopic (exact) mass is 1040 g/mol. The highest BCUT2D eigenvalue weighted by molar-refractivity contribution is 8.00. The number of aromatic nitrogens is 6. The fourth-order valence-electron chi connectivity index (χ4n) is 11.2. The largest absolute Gasteiger partial charge is 0.377 e. The lowest BCUT2D eigenvalue weighted by molar-refractivity contribution is -0.0391. The molecule has 2 aromatic carbocycles. The minimum absolute atomic E-state index is 0.112. The molecule has 3 unspecified atom stereocenters. The van der Waals surface area contributed by atoms with E-state index in [2.05, 4.69) is 50.1 Å². The highest BCUT2D eigenvalue weighted by Gasteiger charge is 2.45. The van der Waals surface area contributed by atoms with Gasteiger partial charge in [-0.25, -0.2) is 9.97 Å². The second-order valence-corrected chi connectivity index (χ2v) is 22.8. The molecule has 2 amide bonds. The first-order chi connectivity index (χ1) is 36.1. The number of hydrogen-bond donors (Lipinski definition) is 2. The van der Waals surface area contributed by atoms with Crippen LogP contribution in [0.2, 0.25) is 0 Å². The highest BCUT2D eigenvalue weighted by Crippen LogP contribution is 2.41. The second-order valence-electron chi connectivity index (χ2n) is 20.4. The van der Waals surface area contributed by atoms with Crippen molar-refractivity contribution in [2.24, 2.45) is 0 Å².